The lowest BCUT2D eigenvalue weighted by Crippen LogP contribution is -2.39. The SMILES string of the molecule is O=C(c1ccc(F)c(F)c1F)C(F)(F)OS(=O)(=O)C(F)(F)F. The molecule has 0 saturated heterocycles. The van der Waals surface area contributed by atoms with Gasteiger partial charge in [-0.2, -0.15) is 34.6 Å². The molecule has 0 aliphatic heterocycles. The summed E-state index contributed by atoms with van der Waals surface area (Å²) in [6.45, 7) is 0. The molecule has 0 aliphatic rings. The summed E-state index contributed by atoms with van der Waals surface area (Å²) in [7, 11) is -6.90. The maximum absolute atomic E-state index is 13.1. The molecule has 13 heteroatoms. The van der Waals surface area contributed by atoms with Crippen molar-refractivity contribution in [3.8, 4) is 0 Å². The van der Waals surface area contributed by atoms with Crippen LogP contribution in [0.5, 0.6) is 0 Å². The topological polar surface area (TPSA) is 60.4 Å². The summed E-state index contributed by atoms with van der Waals surface area (Å²) in [4.78, 5) is 11.1. The third kappa shape index (κ3) is 3.35. The van der Waals surface area contributed by atoms with Crippen LogP contribution in [0.25, 0.3) is 0 Å². The van der Waals surface area contributed by atoms with Crippen LogP contribution in [0.1, 0.15) is 10.4 Å². The largest absolute Gasteiger partial charge is 0.523 e. The van der Waals surface area contributed by atoms with Crippen LogP contribution in [-0.4, -0.2) is 25.8 Å². The zero-order chi connectivity index (χ0) is 17.5. The number of hydrogen-bond donors (Lipinski definition) is 0. The number of rotatable bonds is 4. The van der Waals surface area contributed by atoms with Crippen LogP contribution in [-0.2, 0) is 14.3 Å². The first kappa shape index (κ1) is 18.3. The fourth-order valence-electron chi connectivity index (χ4n) is 1.08. The molecule has 0 aromatic heterocycles. The van der Waals surface area contributed by atoms with Crippen LogP contribution in [0.2, 0.25) is 0 Å². The van der Waals surface area contributed by atoms with E-state index in [0.717, 1.165) is 0 Å². The molecule has 0 fully saturated rings. The lowest BCUT2D eigenvalue weighted by atomic mass is 10.1. The maximum Gasteiger partial charge on any atom is 0.523 e. The molecule has 0 unspecified atom stereocenters. The highest BCUT2D eigenvalue weighted by atomic mass is 32.2. The molecule has 0 amide bonds. The van der Waals surface area contributed by atoms with Crippen LogP contribution in [0.3, 0.4) is 0 Å². The maximum atomic E-state index is 13.1. The molecule has 22 heavy (non-hydrogen) atoms. The van der Waals surface area contributed by atoms with Crippen molar-refractivity contribution in [1.82, 2.24) is 0 Å². The zero-order valence-electron chi connectivity index (χ0n) is 9.72. The molecule has 124 valence electrons. The predicted octanol–water partition coefficient (Wildman–Crippen LogP) is 2.75. The molecule has 0 radical (unpaired) electrons. The third-order valence-electron chi connectivity index (χ3n) is 2.04. The number of halogens is 8. The Labute approximate surface area is 116 Å². The van der Waals surface area contributed by atoms with Gasteiger partial charge in [0.2, 0.25) is 0 Å². The molecule has 0 atom stereocenters. The summed E-state index contributed by atoms with van der Waals surface area (Å²) in [6.07, 6.45) is -5.69. The highest BCUT2D eigenvalue weighted by molar-refractivity contribution is 7.87. The van der Waals surface area contributed by atoms with Gasteiger partial charge < -0.3 is 0 Å². The Morgan fingerprint density at radius 1 is 0.955 bits per heavy atom. The fraction of sp³-hybridized carbons (Fsp3) is 0.222. The second kappa shape index (κ2) is 5.46. The molecular formula is C9H2F8O4S. The molecule has 0 aliphatic carbocycles. The number of alkyl halides is 5. The molecule has 4 nitrogen and oxygen atoms in total. The van der Waals surface area contributed by atoms with Crippen molar-refractivity contribution >= 4 is 15.9 Å². The Morgan fingerprint density at radius 3 is 1.91 bits per heavy atom. The average molecular weight is 358 g/mol. The summed E-state index contributed by atoms with van der Waals surface area (Å²) in [5.74, 6) is -9.63. The van der Waals surface area contributed by atoms with Gasteiger partial charge in [-0.15, -0.1) is 0 Å². The van der Waals surface area contributed by atoms with E-state index in [4.69, 9.17) is 0 Å². The van der Waals surface area contributed by atoms with Crippen LogP contribution in [0.4, 0.5) is 35.1 Å². The Kier molecular flexibility index (Phi) is 4.54. The Bertz CT molecular complexity index is 709. The highest BCUT2D eigenvalue weighted by Crippen LogP contribution is 2.33. The molecule has 1 aromatic rings. The minimum Gasteiger partial charge on any atom is -0.284 e. The lowest BCUT2D eigenvalue weighted by Gasteiger charge is -2.16. The normalized spacial score (nSPS) is 13.3. The number of carbonyl (C=O) groups excluding carboxylic acids is 1. The number of benzene rings is 1. The monoisotopic (exact) mass is 358 g/mol. The zero-order valence-corrected chi connectivity index (χ0v) is 10.5. The third-order valence-corrected chi connectivity index (χ3v) is 3.04. The highest BCUT2D eigenvalue weighted by Gasteiger charge is 2.56. The van der Waals surface area contributed by atoms with Gasteiger partial charge in [-0.05, 0) is 12.1 Å². The van der Waals surface area contributed by atoms with E-state index in [0.29, 0.717) is 0 Å². The van der Waals surface area contributed by atoms with Crippen molar-refractivity contribution in [2.75, 3.05) is 0 Å². The van der Waals surface area contributed by atoms with Gasteiger partial charge in [0.1, 0.15) is 0 Å². The number of hydrogen-bond acceptors (Lipinski definition) is 4. The van der Waals surface area contributed by atoms with E-state index < -0.39 is 50.5 Å². The summed E-state index contributed by atoms with van der Waals surface area (Å²) >= 11 is 0. The van der Waals surface area contributed by atoms with Crippen LogP contribution in [0, 0.1) is 17.5 Å². The Hall–Kier alpha value is -1.76. The van der Waals surface area contributed by atoms with Crippen LogP contribution in [0.15, 0.2) is 12.1 Å². The van der Waals surface area contributed by atoms with E-state index >= 15 is 0 Å². The van der Waals surface area contributed by atoms with E-state index in [1.54, 1.807) is 0 Å². The standard InChI is InChI=1S/C9H2F8O4S/c10-4-2-1-3(5(11)6(4)12)7(18)8(13,14)21-22(19,20)9(15,16)17/h1-2H. The van der Waals surface area contributed by atoms with Crippen molar-refractivity contribution in [1.29, 1.82) is 0 Å². The van der Waals surface area contributed by atoms with Gasteiger partial charge in [0.05, 0.1) is 5.56 Å². The molecule has 1 rings (SSSR count). The van der Waals surface area contributed by atoms with Crippen molar-refractivity contribution in [3.63, 3.8) is 0 Å². The summed E-state index contributed by atoms with van der Waals surface area (Å²) in [6, 6.07) is 0.00748. The second-order valence-electron chi connectivity index (χ2n) is 3.55. The first-order valence-corrected chi connectivity index (χ1v) is 6.19. The van der Waals surface area contributed by atoms with Gasteiger partial charge in [-0.1, -0.05) is 0 Å². The lowest BCUT2D eigenvalue weighted by molar-refractivity contribution is -0.146. The Balaban J connectivity index is 3.25. The van der Waals surface area contributed by atoms with Gasteiger partial charge in [0.25, 0.3) is 5.78 Å². The second-order valence-corrected chi connectivity index (χ2v) is 5.09. The molecule has 1 aromatic carbocycles. The van der Waals surface area contributed by atoms with E-state index in [2.05, 4.69) is 4.18 Å². The number of ketones is 1. The van der Waals surface area contributed by atoms with Gasteiger partial charge >= 0.3 is 21.7 Å². The first-order chi connectivity index (χ1) is 9.71. The first-order valence-electron chi connectivity index (χ1n) is 4.78. The quantitative estimate of drug-likeness (QED) is 0.273. The minimum atomic E-state index is -6.90. The number of Topliss-reactive ketones (excluding diaryl/α,β-unsaturated/α-hetero) is 1. The van der Waals surface area contributed by atoms with Gasteiger partial charge in [0.15, 0.2) is 17.5 Å². The molecule has 0 spiro atoms. The summed E-state index contributed by atoms with van der Waals surface area (Å²) < 4.78 is 124. The molecule has 0 N–H and O–H groups in total. The summed E-state index contributed by atoms with van der Waals surface area (Å²) in [5.41, 5.74) is -8.19. The van der Waals surface area contributed by atoms with Crippen LogP contribution >= 0.6 is 0 Å². The smallest absolute Gasteiger partial charge is 0.284 e. The van der Waals surface area contributed by atoms with Gasteiger partial charge in [-0.3, -0.25) is 4.79 Å². The van der Waals surface area contributed by atoms with Gasteiger partial charge in [0, 0.05) is 0 Å². The van der Waals surface area contributed by atoms with Crippen molar-refractivity contribution in [2.45, 2.75) is 11.6 Å². The fourth-order valence-corrected chi connectivity index (χ4v) is 1.53. The van der Waals surface area contributed by atoms with E-state index in [9.17, 15) is 48.3 Å². The predicted molar refractivity (Wildman–Crippen MR) is 51.7 cm³/mol. The average Bonchev–Trinajstić information content (AvgIpc) is 2.33. The summed E-state index contributed by atoms with van der Waals surface area (Å²) in [5, 5.41) is 0. The molecule has 0 bridgehead atoms. The van der Waals surface area contributed by atoms with E-state index in [-0.39, 0.29) is 12.1 Å². The van der Waals surface area contributed by atoms with Crippen molar-refractivity contribution in [3.05, 3.63) is 35.1 Å². The minimum absolute atomic E-state index is 0.0203. The molecule has 0 heterocycles. The van der Waals surface area contributed by atoms with E-state index in [1.165, 1.54) is 0 Å². The van der Waals surface area contributed by atoms with E-state index in [1.807, 2.05) is 0 Å². The van der Waals surface area contributed by atoms with Crippen LogP contribution < -0.4 is 0 Å². The number of carbonyl (C=O) groups is 1. The molecular weight excluding hydrogens is 356 g/mol. The Morgan fingerprint density at radius 2 is 1.45 bits per heavy atom. The van der Waals surface area contributed by atoms with Gasteiger partial charge in [-0.25, -0.2) is 13.2 Å². The van der Waals surface area contributed by atoms with Crippen molar-refractivity contribution in [2.24, 2.45) is 0 Å². The molecule has 0 saturated carbocycles. The van der Waals surface area contributed by atoms with Crippen molar-refractivity contribution < 1.29 is 52.5 Å².